The van der Waals surface area contributed by atoms with Gasteiger partial charge in [-0.1, -0.05) is 99.8 Å². The number of nitrogens with zero attached hydrogens (tertiary/aromatic N) is 1. The summed E-state index contributed by atoms with van der Waals surface area (Å²) in [4.78, 5) is 2.86. The molecule has 0 radical (unpaired) electrons. The minimum atomic E-state index is 0.851. The van der Waals surface area contributed by atoms with Crippen LogP contribution in [0.5, 0.6) is 0 Å². The van der Waals surface area contributed by atoms with E-state index in [1.807, 2.05) is 0 Å². The molecule has 0 heterocycles. The molecule has 27 heavy (non-hydrogen) atoms. The summed E-state index contributed by atoms with van der Waals surface area (Å²) in [5.74, 6) is 3.57. The molecule has 0 aromatic heterocycles. The van der Waals surface area contributed by atoms with Gasteiger partial charge < -0.3 is 4.90 Å². The van der Waals surface area contributed by atoms with Crippen molar-refractivity contribution in [3.8, 4) is 0 Å². The molecule has 0 aliphatic carbocycles. The Bertz CT molecular complexity index is 281. The Hall–Kier alpha value is -0.0400. The number of unbranched alkanes of at least 4 members (excludes halogenated alkanes) is 3. The molecule has 0 fully saturated rings. The van der Waals surface area contributed by atoms with Crippen LogP contribution >= 0.6 is 0 Å². The van der Waals surface area contributed by atoms with Gasteiger partial charge in [-0.05, 0) is 55.9 Å². The maximum Gasteiger partial charge on any atom is 0.000967 e. The molecule has 0 aliphatic heterocycles. The fourth-order valence-corrected chi connectivity index (χ4v) is 4.57. The van der Waals surface area contributed by atoms with Gasteiger partial charge in [0.2, 0.25) is 0 Å². The summed E-state index contributed by atoms with van der Waals surface area (Å²) >= 11 is 0. The van der Waals surface area contributed by atoms with Crippen LogP contribution in [0.15, 0.2) is 0 Å². The van der Waals surface area contributed by atoms with Gasteiger partial charge in [0.05, 0.1) is 0 Å². The van der Waals surface area contributed by atoms with Gasteiger partial charge in [0, 0.05) is 13.1 Å². The lowest BCUT2D eigenvalue weighted by molar-refractivity contribution is 0.177. The zero-order valence-electron chi connectivity index (χ0n) is 20.4. The highest BCUT2D eigenvalue weighted by Crippen LogP contribution is 2.21. The quantitative estimate of drug-likeness (QED) is 0.202. The van der Waals surface area contributed by atoms with Crippen molar-refractivity contribution in [3.05, 3.63) is 0 Å². The summed E-state index contributed by atoms with van der Waals surface area (Å²) in [5.41, 5.74) is 0. The summed E-state index contributed by atoms with van der Waals surface area (Å²) in [6, 6.07) is 0. The van der Waals surface area contributed by atoms with Gasteiger partial charge in [-0.15, -0.1) is 0 Å². The van der Waals surface area contributed by atoms with Crippen LogP contribution in [0.4, 0.5) is 0 Å². The lowest BCUT2D eigenvalue weighted by atomic mass is 9.93. The number of rotatable bonds is 19. The second-order valence-corrected chi connectivity index (χ2v) is 9.82. The third-order valence-corrected chi connectivity index (χ3v) is 6.41. The molecule has 0 aromatic rings. The molecule has 0 aliphatic rings. The average Bonchev–Trinajstić information content (AvgIpc) is 2.64. The van der Waals surface area contributed by atoms with E-state index >= 15 is 0 Å². The van der Waals surface area contributed by atoms with Crippen molar-refractivity contribution in [1.29, 1.82) is 0 Å². The van der Waals surface area contributed by atoms with Crippen LogP contribution in [-0.4, -0.2) is 24.5 Å². The topological polar surface area (TPSA) is 3.24 Å². The molecule has 0 saturated heterocycles. The van der Waals surface area contributed by atoms with Crippen LogP contribution in [0.3, 0.4) is 0 Å². The smallest absolute Gasteiger partial charge is 0.000967 e. The van der Waals surface area contributed by atoms with E-state index in [-0.39, 0.29) is 0 Å². The summed E-state index contributed by atoms with van der Waals surface area (Å²) in [6.07, 6.45) is 16.7. The first-order chi connectivity index (χ1) is 13.0. The molecule has 0 rings (SSSR count). The van der Waals surface area contributed by atoms with Gasteiger partial charge in [-0.25, -0.2) is 0 Å². The van der Waals surface area contributed by atoms with E-state index in [0.717, 1.165) is 23.7 Å². The van der Waals surface area contributed by atoms with Crippen molar-refractivity contribution < 1.29 is 0 Å². The zero-order chi connectivity index (χ0) is 20.5. The fraction of sp³-hybridized carbons (Fsp3) is 1.00. The van der Waals surface area contributed by atoms with Crippen molar-refractivity contribution in [3.63, 3.8) is 0 Å². The Labute approximate surface area is 174 Å². The largest absolute Gasteiger partial charge is 0.303 e. The Balaban J connectivity index is 4.52. The minimum absolute atomic E-state index is 0.851. The SMILES string of the molecule is CCCCC(CC)CN(CCCCC(C)CC(C)C)CC(CC)CCCC. The molecule has 0 bridgehead atoms. The van der Waals surface area contributed by atoms with Crippen LogP contribution < -0.4 is 0 Å². The van der Waals surface area contributed by atoms with E-state index in [1.54, 1.807) is 0 Å². The van der Waals surface area contributed by atoms with Gasteiger partial charge in [0.25, 0.3) is 0 Å². The maximum absolute atomic E-state index is 2.86. The third kappa shape index (κ3) is 15.5. The molecule has 1 nitrogen and oxygen atoms in total. The highest BCUT2D eigenvalue weighted by atomic mass is 15.1. The van der Waals surface area contributed by atoms with Crippen LogP contribution in [0.2, 0.25) is 0 Å². The molecule has 0 N–H and O–H groups in total. The van der Waals surface area contributed by atoms with Crippen LogP contribution in [-0.2, 0) is 0 Å². The van der Waals surface area contributed by atoms with Crippen LogP contribution in [0.1, 0.15) is 126 Å². The Morgan fingerprint density at radius 3 is 1.56 bits per heavy atom. The van der Waals surface area contributed by atoms with E-state index in [0.29, 0.717) is 0 Å². The standard InChI is InChI=1S/C26H55N/c1-8-12-17-25(10-3)21-27(22-26(11-4)18-13-9-2)19-15-14-16-24(7)20-23(5)6/h23-26H,8-22H2,1-7H3. The zero-order valence-corrected chi connectivity index (χ0v) is 20.4. The Morgan fingerprint density at radius 1 is 0.630 bits per heavy atom. The minimum Gasteiger partial charge on any atom is -0.303 e. The highest BCUT2D eigenvalue weighted by Gasteiger charge is 2.17. The maximum atomic E-state index is 2.86. The van der Waals surface area contributed by atoms with Gasteiger partial charge in [-0.3, -0.25) is 0 Å². The summed E-state index contributed by atoms with van der Waals surface area (Å²) in [5, 5.41) is 0. The monoisotopic (exact) mass is 381 g/mol. The van der Waals surface area contributed by atoms with E-state index in [2.05, 4.69) is 53.4 Å². The Kier molecular flexibility index (Phi) is 18.0. The van der Waals surface area contributed by atoms with Crippen LogP contribution in [0.25, 0.3) is 0 Å². The molecule has 3 unspecified atom stereocenters. The highest BCUT2D eigenvalue weighted by molar-refractivity contribution is 4.70. The third-order valence-electron chi connectivity index (χ3n) is 6.41. The van der Waals surface area contributed by atoms with E-state index in [4.69, 9.17) is 0 Å². The molecule has 0 aromatic carbocycles. The van der Waals surface area contributed by atoms with Gasteiger partial charge in [0.15, 0.2) is 0 Å². The first-order valence-electron chi connectivity index (χ1n) is 12.7. The normalized spacial score (nSPS) is 15.4. The first kappa shape index (κ1) is 27.0. The lowest BCUT2D eigenvalue weighted by Crippen LogP contribution is -2.35. The summed E-state index contributed by atoms with van der Waals surface area (Å²) in [7, 11) is 0. The van der Waals surface area contributed by atoms with Crippen molar-refractivity contribution in [1.82, 2.24) is 4.90 Å². The molecule has 0 spiro atoms. The van der Waals surface area contributed by atoms with Gasteiger partial charge >= 0.3 is 0 Å². The molecule has 1 heteroatoms. The van der Waals surface area contributed by atoms with Crippen molar-refractivity contribution in [2.45, 2.75) is 126 Å². The van der Waals surface area contributed by atoms with Crippen molar-refractivity contribution in [2.24, 2.45) is 23.7 Å². The second kappa shape index (κ2) is 18.0. The predicted octanol–water partition coefficient (Wildman–Crippen LogP) is 8.57. The first-order valence-corrected chi connectivity index (χ1v) is 12.7. The average molecular weight is 382 g/mol. The molecule has 0 saturated carbocycles. The van der Waals surface area contributed by atoms with Gasteiger partial charge in [0.1, 0.15) is 0 Å². The van der Waals surface area contributed by atoms with E-state index < -0.39 is 0 Å². The molecule has 0 amide bonds. The number of hydrogen-bond donors (Lipinski definition) is 0. The number of hydrogen-bond acceptors (Lipinski definition) is 1. The lowest BCUT2D eigenvalue weighted by Gasteiger charge is -2.31. The summed E-state index contributed by atoms with van der Waals surface area (Å²) < 4.78 is 0. The predicted molar refractivity (Wildman–Crippen MR) is 126 cm³/mol. The van der Waals surface area contributed by atoms with E-state index in [9.17, 15) is 0 Å². The second-order valence-electron chi connectivity index (χ2n) is 9.82. The molecular formula is C26H55N. The van der Waals surface area contributed by atoms with Crippen LogP contribution in [0, 0.1) is 23.7 Å². The molecule has 3 atom stereocenters. The molecular weight excluding hydrogens is 326 g/mol. The summed E-state index contributed by atoms with van der Waals surface area (Å²) in [6.45, 7) is 20.7. The Morgan fingerprint density at radius 2 is 1.15 bits per heavy atom. The van der Waals surface area contributed by atoms with Gasteiger partial charge in [-0.2, -0.15) is 0 Å². The van der Waals surface area contributed by atoms with E-state index in [1.165, 1.54) is 96.7 Å². The fourth-order valence-electron chi connectivity index (χ4n) is 4.57. The molecule has 164 valence electrons. The van der Waals surface area contributed by atoms with Crippen molar-refractivity contribution in [2.75, 3.05) is 19.6 Å². The van der Waals surface area contributed by atoms with Crippen molar-refractivity contribution >= 4 is 0 Å².